The van der Waals surface area contributed by atoms with Crippen LogP contribution in [0.5, 0.6) is 11.5 Å². The molecule has 0 radical (unpaired) electrons. The molecular weight excluding hydrogens is 378 g/mol. The Morgan fingerprint density at radius 1 is 1.11 bits per heavy atom. The minimum atomic E-state index is -0.498. The van der Waals surface area contributed by atoms with Crippen molar-refractivity contribution in [2.75, 3.05) is 13.2 Å². The highest BCUT2D eigenvalue weighted by molar-refractivity contribution is 7.08. The Labute approximate surface area is 162 Å². The fourth-order valence-electron chi connectivity index (χ4n) is 3.38. The second-order valence-electron chi connectivity index (χ2n) is 6.39. The van der Waals surface area contributed by atoms with Crippen LogP contribution in [0.15, 0.2) is 56.9 Å². The molecule has 0 amide bonds. The van der Waals surface area contributed by atoms with Gasteiger partial charge in [-0.05, 0) is 46.2 Å². The fraction of sp³-hybridized carbons (Fsp3) is 0.150. The molecule has 7 nitrogen and oxygen atoms in total. The van der Waals surface area contributed by atoms with E-state index in [1.54, 1.807) is 23.6 Å². The molecule has 0 saturated carbocycles. The summed E-state index contributed by atoms with van der Waals surface area (Å²) in [7, 11) is 0. The predicted octanol–water partition coefficient (Wildman–Crippen LogP) is 2.63. The van der Waals surface area contributed by atoms with Crippen LogP contribution >= 0.6 is 11.3 Å². The van der Waals surface area contributed by atoms with Gasteiger partial charge in [0.05, 0.1) is 11.9 Å². The average Bonchev–Trinajstić information content (AvgIpc) is 3.25. The lowest BCUT2D eigenvalue weighted by Crippen LogP contribution is -2.31. The second kappa shape index (κ2) is 6.65. The number of aromatic amines is 1. The lowest BCUT2D eigenvalue weighted by Gasteiger charge is -2.19. The van der Waals surface area contributed by atoms with Gasteiger partial charge in [-0.3, -0.25) is 14.3 Å². The summed E-state index contributed by atoms with van der Waals surface area (Å²) >= 11 is 1.54. The van der Waals surface area contributed by atoms with E-state index in [2.05, 4.69) is 9.97 Å². The van der Waals surface area contributed by atoms with Crippen LogP contribution in [0.4, 0.5) is 0 Å². The van der Waals surface area contributed by atoms with E-state index in [9.17, 15) is 9.59 Å². The van der Waals surface area contributed by atoms with E-state index >= 15 is 0 Å². The van der Waals surface area contributed by atoms with Gasteiger partial charge in [-0.25, -0.2) is 9.78 Å². The second-order valence-corrected chi connectivity index (χ2v) is 7.17. The summed E-state index contributed by atoms with van der Waals surface area (Å²) in [6.07, 6.45) is 1.62. The van der Waals surface area contributed by atoms with Crippen molar-refractivity contribution >= 4 is 22.4 Å². The van der Waals surface area contributed by atoms with Gasteiger partial charge in [-0.2, -0.15) is 11.3 Å². The Hall–Kier alpha value is -3.39. The summed E-state index contributed by atoms with van der Waals surface area (Å²) in [6, 6.07) is 9.28. The topological polar surface area (TPSA) is 86.2 Å². The Balaban J connectivity index is 1.67. The minimum Gasteiger partial charge on any atom is -0.486 e. The van der Waals surface area contributed by atoms with E-state index < -0.39 is 11.2 Å². The van der Waals surface area contributed by atoms with Gasteiger partial charge in [0.25, 0.3) is 5.56 Å². The maximum Gasteiger partial charge on any atom is 0.330 e. The number of ether oxygens (including phenoxy) is 2. The quantitative estimate of drug-likeness (QED) is 0.578. The molecule has 1 aliphatic heterocycles. The molecule has 1 N–H and O–H groups in total. The lowest BCUT2D eigenvalue weighted by atomic mass is 10.1. The van der Waals surface area contributed by atoms with Crippen molar-refractivity contribution in [2.45, 2.75) is 6.54 Å². The number of nitrogens with zero attached hydrogens (tertiary/aromatic N) is 2. The van der Waals surface area contributed by atoms with Crippen molar-refractivity contribution in [3.8, 4) is 22.6 Å². The third-order valence-corrected chi connectivity index (χ3v) is 5.34. The number of H-pyrrole nitrogens is 1. The van der Waals surface area contributed by atoms with Gasteiger partial charge in [0, 0.05) is 11.8 Å². The maximum atomic E-state index is 12.6. The summed E-state index contributed by atoms with van der Waals surface area (Å²) in [5.74, 6) is 1.34. The maximum absolute atomic E-state index is 12.6. The zero-order valence-corrected chi connectivity index (χ0v) is 15.5. The molecule has 0 aliphatic carbocycles. The summed E-state index contributed by atoms with van der Waals surface area (Å²) in [5.41, 5.74) is 1.95. The zero-order valence-electron chi connectivity index (χ0n) is 14.7. The monoisotopic (exact) mass is 393 g/mol. The number of nitrogens with one attached hydrogen (secondary N) is 1. The van der Waals surface area contributed by atoms with E-state index in [0.29, 0.717) is 35.7 Å². The van der Waals surface area contributed by atoms with Crippen LogP contribution in [0.25, 0.3) is 22.2 Å². The van der Waals surface area contributed by atoms with E-state index in [1.807, 2.05) is 35.0 Å². The van der Waals surface area contributed by atoms with Gasteiger partial charge in [-0.15, -0.1) is 0 Å². The Bertz CT molecular complexity index is 1290. The lowest BCUT2D eigenvalue weighted by molar-refractivity contribution is 0.171. The highest BCUT2D eigenvalue weighted by Crippen LogP contribution is 2.31. The average molecular weight is 393 g/mol. The van der Waals surface area contributed by atoms with Crippen molar-refractivity contribution < 1.29 is 9.47 Å². The standard InChI is InChI=1S/C20H15N3O4S/c24-19-17-14(13-4-8-28-11-13)3-5-21-18(17)23(20(25)22-19)10-12-1-2-15-16(9-12)27-7-6-26-15/h1-5,8-9,11H,6-7,10H2,(H,22,24,25). The highest BCUT2D eigenvalue weighted by Gasteiger charge is 2.16. The van der Waals surface area contributed by atoms with Crippen molar-refractivity contribution in [1.82, 2.24) is 14.5 Å². The van der Waals surface area contributed by atoms with Gasteiger partial charge >= 0.3 is 5.69 Å². The van der Waals surface area contributed by atoms with E-state index in [1.165, 1.54) is 4.57 Å². The van der Waals surface area contributed by atoms with Crippen molar-refractivity contribution in [3.05, 3.63) is 73.7 Å². The first-order valence-electron chi connectivity index (χ1n) is 8.73. The largest absolute Gasteiger partial charge is 0.486 e. The molecule has 1 aromatic carbocycles. The van der Waals surface area contributed by atoms with E-state index in [-0.39, 0.29) is 6.54 Å². The molecule has 4 aromatic rings. The molecule has 3 aromatic heterocycles. The molecule has 0 bridgehead atoms. The molecule has 0 atom stereocenters. The molecule has 5 rings (SSSR count). The van der Waals surface area contributed by atoms with Crippen molar-refractivity contribution in [1.29, 1.82) is 0 Å². The van der Waals surface area contributed by atoms with Crippen LogP contribution in [-0.2, 0) is 6.54 Å². The van der Waals surface area contributed by atoms with Crippen molar-refractivity contribution in [2.24, 2.45) is 0 Å². The number of thiophene rings is 1. The number of fused-ring (bicyclic) bond motifs is 2. The Morgan fingerprint density at radius 3 is 2.79 bits per heavy atom. The fourth-order valence-corrected chi connectivity index (χ4v) is 4.03. The Morgan fingerprint density at radius 2 is 1.96 bits per heavy atom. The predicted molar refractivity (Wildman–Crippen MR) is 106 cm³/mol. The van der Waals surface area contributed by atoms with Crippen LogP contribution in [0, 0.1) is 0 Å². The van der Waals surface area contributed by atoms with Crippen LogP contribution in [0.2, 0.25) is 0 Å². The van der Waals surface area contributed by atoms with Crippen LogP contribution in [0.3, 0.4) is 0 Å². The van der Waals surface area contributed by atoms with Gasteiger partial charge < -0.3 is 9.47 Å². The first-order valence-corrected chi connectivity index (χ1v) is 9.68. The molecule has 28 heavy (non-hydrogen) atoms. The van der Waals surface area contributed by atoms with Gasteiger partial charge in [0.1, 0.15) is 18.9 Å². The number of aromatic nitrogens is 3. The van der Waals surface area contributed by atoms with Crippen LogP contribution in [-0.4, -0.2) is 27.7 Å². The molecule has 140 valence electrons. The summed E-state index contributed by atoms with van der Waals surface area (Å²) in [4.78, 5) is 31.9. The molecule has 0 fully saturated rings. The third kappa shape index (κ3) is 2.78. The minimum absolute atomic E-state index is 0.253. The Kier molecular flexibility index (Phi) is 3.98. The van der Waals surface area contributed by atoms with Gasteiger partial charge in [0.2, 0.25) is 0 Å². The highest BCUT2D eigenvalue weighted by atomic mass is 32.1. The van der Waals surface area contributed by atoms with Gasteiger partial charge in [-0.1, -0.05) is 6.07 Å². The number of hydrogen-bond acceptors (Lipinski definition) is 6. The number of benzene rings is 1. The summed E-state index contributed by atoms with van der Waals surface area (Å²) in [6.45, 7) is 1.26. The molecule has 4 heterocycles. The van der Waals surface area contributed by atoms with E-state index in [0.717, 1.165) is 16.7 Å². The van der Waals surface area contributed by atoms with Gasteiger partial charge in [0.15, 0.2) is 11.5 Å². The normalized spacial score (nSPS) is 13.0. The first-order chi connectivity index (χ1) is 13.7. The summed E-state index contributed by atoms with van der Waals surface area (Å²) < 4.78 is 12.6. The number of pyridine rings is 1. The SMILES string of the molecule is O=c1[nH]c(=O)n(Cc2ccc3c(c2)OCCO3)c2nccc(-c3ccsc3)c12. The third-order valence-electron chi connectivity index (χ3n) is 4.66. The number of rotatable bonds is 3. The zero-order chi connectivity index (χ0) is 19.1. The van der Waals surface area contributed by atoms with Crippen LogP contribution < -0.4 is 20.7 Å². The molecule has 0 saturated heterocycles. The molecule has 1 aliphatic rings. The summed E-state index contributed by atoms with van der Waals surface area (Å²) in [5, 5.41) is 4.31. The van der Waals surface area contributed by atoms with E-state index in [4.69, 9.17) is 9.47 Å². The first kappa shape index (κ1) is 16.8. The molecule has 0 spiro atoms. The molecular formula is C20H15N3O4S. The smallest absolute Gasteiger partial charge is 0.330 e. The number of hydrogen-bond donors (Lipinski definition) is 1. The molecule has 0 unspecified atom stereocenters. The van der Waals surface area contributed by atoms with Crippen molar-refractivity contribution in [3.63, 3.8) is 0 Å². The molecule has 8 heteroatoms. The van der Waals surface area contributed by atoms with Crippen LogP contribution in [0.1, 0.15) is 5.56 Å².